The lowest BCUT2D eigenvalue weighted by atomic mass is 10.1. The van der Waals surface area contributed by atoms with Crippen molar-refractivity contribution in [2.75, 3.05) is 20.2 Å². The molecule has 6 heteroatoms. The molecule has 0 aliphatic rings. The molecule has 6 nitrogen and oxygen atoms in total. The van der Waals surface area contributed by atoms with Crippen LogP contribution in [-0.4, -0.2) is 32.0 Å². The Morgan fingerprint density at radius 3 is 2.35 bits per heavy atom. The van der Waals surface area contributed by atoms with Gasteiger partial charge in [0.15, 0.2) is 0 Å². The first-order chi connectivity index (χ1) is 12.7. The number of ether oxygens (including phenoxy) is 1. The van der Waals surface area contributed by atoms with Crippen molar-refractivity contribution >= 4 is 11.8 Å². The third-order valence-corrected chi connectivity index (χ3v) is 3.95. The number of hydrogen-bond acceptors (Lipinski definition) is 4. The summed E-state index contributed by atoms with van der Waals surface area (Å²) in [6, 6.07) is 15.2. The first kappa shape index (κ1) is 19.5. The zero-order chi connectivity index (χ0) is 18.8. The van der Waals surface area contributed by atoms with Crippen LogP contribution in [-0.2, 0) is 4.79 Å². The summed E-state index contributed by atoms with van der Waals surface area (Å²) in [4.78, 5) is 25.2. The number of methoxy groups -OCH3 is 1. The Balaban J connectivity index is 2.10. The number of benzene rings is 2. The molecule has 0 bridgehead atoms. The van der Waals surface area contributed by atoms with Crippen molar-refractivity contribution in [1.82, 2.24) is 10.6 Å². The highest BCUT2D eigenvalue weighted by molar-refractivity contribution is 5.97. The van der Waals surface area contributed by atoms with Gasteiger partial charge in [0.25, 0.3) is 5.91 Å². The van der Waals surface area contributed by atoms with Gasteiger partial charge in [-0.25, -0.2) is 0 Å². The van der Waals surface area contributed by atoms with Crippen LogP contribution in [0.25, 0.3) is 0 Å². The van der Waals surface area contributed by atoms with Crippen LogP contribution in [0.2, 0.25) is 0 Å². The maximum atomic E-state index is 12.6. The molecule has 1 unspecified atom stereocenters. The molecule has 0 saturated carbocycles. The van der Waals surface area contributed by atoms with Gasteiger partial charge in [0.1, 0.15) is 11.8 Å². The molecule has 2 rings (SSSR count). The normalized spacial score (nSPS) is 11.5. The fourth-order valence-corrected chi connectivity index (χ4v) is 2.49. The molecule has 2 aromatic carbocycles. The summed E-state index contributed by atoms with van der Waals surface area (Å²) >= 11 is 0. The smallest absolute Gasteiger partial charge is 0.252 e. The Kier molecular flexibility index (Phi) is 7.64. The largest absolute Gasteiger partial charge is 0.497 e. The summed E-state index contributed by atoms with van der Waals surface area (Å²) in [5.41, 5.74) is 6.66. The molecule has 4 N–H and O–H groups in total. The van der Waals surface area contributed by atoms with E-state index in [0.29, 0.717) is 24.4 Å². The van der Waals surface area contributed by atoms with Gasteiger partial charge in [-0.1, -0.05) is 30.3 Å². The first-order valence-electron chi connectivity index (χ1n) is 8.63. The van der Waals surface area contributed by atoms with E-state index in [1.165, 1.54) is 0 Å². The average Bonchev–Trinajstić information content (AvgIpc) is 2.69. The van der Waals surface area contributed by atoms with Gasteiger partial charge >= 0.3 is 0 Å². The van der Waals surface area contributed by atoms with E-state index in [2.05, 4.69) is 10.6 Å². The lowest BCUT2D eigenvalue weighted by Crippen LogP contribution is -2.40. The lowest BCUT2D eigenvalue weighted by Gasteiger charge is -2.19. The highest BCUT2D eigenvalue weighted by Gasteiger charge is 2.22. The Hall–Kier alpha value is -2.86. The van der Waals surface area contributed by atoms with Crippen molar-refractivity contribution in [3.63, 3.8) is 0 Å². The van der Waals surface area contributed by atoms with Crippen LogP contribution in [0.15, 0.2) is 54.6 Å². The van der Waals surface area contributed by atoms with Crippen LogP contribution in [0, 0.1) is 0 Å². The SMILES string of the molecule is COc1ccc(C(=O)NC(C(=O)NCCCCN)c2ccccc2)cc1. The Bertz CT molecular complexity index is 702. The first-order valence-corrected chi connectivity index (χ1v) is 8.63. The molecule has 0 aliphatic heterocycles. The van der Waals surface area contributed by atoms with Gasteiger partial charge in [-0.2, -0.15) is 0 Å². The van der Waals surface area contributed by atoms with E-state index in [9.17, 15) is 9.59 Å². The Morgan fingerprint density at radius 1 is 1.04 bits per heavy atom. The minimum absolute atomic E-state index is 0.241. The molecule has 0 aromatic heterocycles. The van der Waals surface area contributed by atoms with E-state index >= 15 is 0 Å². The third kappa shape index (κ3) is 5.60. The number of rotatable bonds is 9. The van der Waals surface area contributed by atoms with Gasteiger partial charge in [-0.15, -0.1) is 0 Å². The summed E-state index contributed by atoms with van der Waals surface area (Å²) in [7, 11) is 1.56. The fraction of sp³-hybridized carbons (Fsp3) is 0.300. The zero-order valence-electron chi connectivity index (χ0n) is 14.9. The van der Waals surface area contributed by atoms with Crippen molar-refractivity contribution in [3.05, 3.63) is 65.7 Å². The lowest BCUT2D eigenvalue weighted by molar-refractivity contribution is -0.123. The maximum Gasteiger partial charge on any atom is 0.252 e. The molecule has 0 saturated heterocycles. The molecule has 2 aromatic rings. The third-order valence-electron chi connectivity index (χ3n) is 3.95. The highest BCUT2D eigenvalue weighted by atomic mass is 16.5. The van der Waals surface area contributed by atoms with Gasteiger partial charge in [0.05, 0.1) is 7.11 Å². The molecular formula is C20H25N3O3. The van der Waals surface area contributed by atoms with E-state index in [4.69, 9.17) is 10.5 Å². The molecule has 0 aliphatic carbocycles. The quantitative estimate of drug-likeness (QED) is 0.600. The van der Waals surface area contributed by atoms with Crippen molar-refractivity contribution in [2.24, 2.45) is 5.73 Å². The number of hydrogen-bond donors (Lipinski definition) is 3. The van der Waals surface area contributed by atoms with E-state index in [0.717, 1.165) is 18.4 Å². The van der Waals surface area contributed by atoms with Crippen molar-refractivity contribution in [1.29, 1.82) is 0 Å². The number of carbonyl (C=O) groups excluding carboxylic acids is 2. The summed E-state index contributed by atoms with van der Waals surface area (Å²) in [5, 5.41) is 5.67. The molecule has 0 spiro atoms. The highest BCUT2D eigenvalue weighted by Crippen LogP contribution is 2.16. The van der Waals surface area contributed by atoms with Crippen molar-refractivity contribution in [3.8, 4) is 5.75 Å². The minimum Gasteiger partial charge on any atom is -0.497 e. The molecule has 26 heavy (non-hydrogen) atoms. The van der Waals surface area contributed by atoms with Crippen LogP contribution >= 0.6 is 0 Å². The number of amides is 2. The topological polar surface area (TPSA) is 93.4 Å². The van der Waals surface area contributed by atoms with Crippen LogP contribution in [0.1, 0.15) is 34.8 Å². The van der Waals surface area contributed by atoms with E-state index < -0.39 is 6.04 Å². The molecule has 0 fully saturated rings. The molecule has 2 amide bonds. The molecule has 138 valence electrons. The summed E-state index contributed by atoms with van der Waals surface area (Å²) in [6.07, 6.45) is 1.64. The number of carbonyl (C=O) groups is 2. The minimum atomic E-state index is -0.760. The van der Waals surface area contributed by atoms with Gasteiger partial charge in [0.2, 0.25) is 5.91 Å². The van der Waals surface area contributed by atoms with Gasteiger partial charge in [-0.05, 0) is 49.2 Å². The van der Waals surface area contributed by atoms with Crippen molar-refractivity contribution < 1.29 is 14.3 Å². The summed E-state index contributed by atoms with van der Waals surface area (Å²) in [6.45, 7) is 1.12. The fourth-order valence-electron chi connectivity index (χ4n) is 2.49. The van der Waals surface area contributed by atoms with Gasteiger partial charge < -0.3 is 21.1 Å². The second kappa shape index (κ2) is 10.2. The van der Waals surface area contributed by atoms with E-state index in [-0.39, 0.29) is 11.8 Å². The second-order valence-electron chi connectivity index (χ2n) is 5.83. The van der Waals surface area contributed by atoms with Crippen LogP contribution in [0.5, 0.6) is 5.75 Å². The van der Waals surface area contributed by atoms with E-state index in [1.54, 1.807) is 31.4 Å². The van der Waals surface area contributed by atoms with Crippen LogP contribution in [0.4, 0.5) is 0 Å². The number of nitrogens with two attached hydrogens (primary N) is 1. The molecule has 0 heterocycles. The van der Waals surface area contributed by atoms with Crippen LogP contribution in [0.3, 0.4) is 0 Å². The van der Waals surface area contributed by atoms with Crippen molar-refractivity contribution in [2.45, 2.75) is 18.9 Å². The van der Waals surface area contributed by atoms with Gasteiger partial charge in [-0.3, -0.25) is 9.59 Å². The molecule has 0 radical (unpaired) electrons. The monoisotopic (exact) mass is 355 g/mol. The van der Waals surface area contributed by atoms with Crippen LogP contribution < -0.4 is 21.1 Å². The van der Waals surface area contributed by atoms with Gasteiger partial charge in [0, 0.05) is 12.1 Å². The maximum absolute atomic E-state index is 12.6. The summed E-state index contributed by atoms with van der Waals surface area (Å²) < 4.78 is 5.10. The van der Waals surface area contributed by atoms with E-state index in [1.807, 2.05) is 30.3 Å². The Morgan fingerprint density at radius 2 is 1.73 bits per heavy atom. The molecular weight excluding hydrogens is 330 g/mol. The standard InChI is InChI=1S/C20H25N3O3/c1-26-17-11-9-16(10-12-17)19(24)23-18(15-7-3-2-4-8-15)20(25)22-14-6-5-13-21/h2-4,7-12,18H,5-6,13-14,21H2,1H3,(H,22,25)(H,23,24). The second-order valence-corrected chi connectivity index (χ2v) is 5.83. The number of unbranched alkanes of at least 4 members (excludes halogenated alkanes) is 1. The zero-order valence-corrected chi connectivity index (χ0v) is 14.9. The average molecular weight is 355 g/mol. The Labute approximate surface area is 153 Å². The molecule has 1 atom stereocenters. The summed E-state index contributed by atoms with van der Waals surface area (Å²) in [5.74, 6) is 0.104. The number of nitrogens with one attached hydrogen (secondary N) is 2. The predicted octanol–water partition coefficient (Wildman–Crippen LogP) is 2.02. The predicted molar refractivity (Wildman–Crippen MR) is 101 cm³/mol.